The van der Waals surface area contributed by atoms with Gasteiger partial charge in [0.15, 0.2) is 0 Å². The molecule has 1 unspecified atom stereocenters. The second-order valence-electron chi connectivity index (χ2n) is 6.66. The molecule has 0 spiro atoms. The minimum atomic E-state index is -5.07. The number of carbonyl (C=O) groups excluding carboxylic acids is 1. The number of anilines is 1. The average Bonchev–Trinajstić information content (AvgIpc) is 3.03. The first-order valence-electron chi connectivity index (χ1n) is 8.81. The highest BCUT2D eigenvalue weighted by Crippen LogP contribution is 2.38. The molecule has 168 valence electrons. The molecule has 13 heteroatoms. The molecule has 0 aliphatic carbocycles. The van der Waals surface area contributed by atoms with Gasteiger partial charge in [0.05, 0.1) is 11.4 Å². The molecule has 1 saturated heterocycles. The van der Waals surface area contributed by atoms with Gasteiger partial charge in [-0.2, -0.15) is 13.2 Å². The standard InChI is InChI=1S/C17H21Br2F3N3O3PS/c1-23-30(27,28)10-11-8-13(18)15(14(19)9-11)24(16(26)17(20,21)22)6-2-4-12-5-3-7-25(12)29/h2,4,8-9,12,23H,3,5-7,10,29H2,1H3/t12-/m0/s1. The SMILES string of the molecule is CNS(=O)(=O)Cc1cc(Br)c(N(CC=C[C@H]2CCCN2P)C(=O)C(F)(F)F)c(Br)c1. The van der Waals surface area contributed by atoms with Gasteiger partial charge >= 0.3 is 12.1 Å². The van der Waals surface area contributed by atoms with E-state index in [1.807, 2.05) is 4.67 Å². The van der Waals surface area contributed by atoms with Crippen LogP contribution in [-0.4, -0.2) is 51.4 Å². The molecule has 0 bridgehead atoms. The quantitative estimate of drug-likeness (QED) is 0.383. The molecule has 1 aliphatic rings. The van der Waals surface area contributed by atoms with Crippen LogP contribution in [0.15, 0.2) is 33.2 Å². The van der Waals surface area contributed by atoms with Crippen LogP contribution in [0.3, 0.4) is 0 Å². The van der Waals surface area contributed by atoms with Crippen molar-refractivity contribution in [3.63, 3.8) is 0 Å². The highest BCUT2D eigenvalue weighted by atomic mass is 79.9. The first kappa shape index (κ1) is 25.7. The fourth-order valence-electron chi connectivity index (χ4n) is 3.02. The van der Waals surface area contributed by atoms with Crippen LogP contribution < -0.4 is 9.62 Å². The summed E-state index contributed by atoms with van der Waals surface area (Å²) in [6.45, 7) is 0.581. The van der Waals surface area contributed by atoms with Crippen molar-refractivity contribution < 1.29 is 26.4 Å². The molecule has 1 aliphatic heterocycles. The first-order valence-corrected chi connectivity index (χ1v) is 12.6. The maximum absolute atomic E-state index is 13.2. The van der Waals surface area contributed by atoms with Crippen LogP contribution in [0.25, 0.3) is 0 Å². The van der Waals surface area contributed by atoms with Crippen molar-refractivity contribution in [1.29, 1.82) is 0 Å². The summed E-state index contributed by atoms with van der Waals surface area (Å²) in [5.74, 6) is -2.38. The molecule has 2 rings (SSSR count). The molecule has 0 aromatic heterocycles. The van der Waals surface area contributed by atoms with Gasteiger partial charge in [-0.15, -0.1) is 0 Å². The van der Waals surface area contributed by atoms with Gasteiger partial charge in [-0.05, 0) is 69.4 Å². The molecule has 30 heavy (non-hydrogen) atoms. The lowest BCUT2D eigenvalue weighted by Gasteiger charge is -2.26. The fourth-order valence-corrected chi connectivity index (χ4v) is 5.91. The first-order chi connectivity index (χ1) is 13.9. The number of hydrogen-bond acceptors (Lipinski definition) is 4. The Kier molecular flexibility index (Phi) is 8.92. The predicted molar refractivity (Wildman–Crippen MR) is 121 cm³/mol. The Balaban J connectivity index is 2.37. The summed E-state index contributed by atoms with van der Waals surface area (Å²) < 4.78 is 67.8. The number of benzene rings is 1. The second-order valence-corrected chi connectivity index (χ2v) is 11.0. The van der Waals surface area contributed by atoms with Crippen molar-refractivity contribution in [3.8, 4) is 0 Å². The second kappa shape index (κ2) is 10.4. The van der Waals surface area contributed by atoms with E-state index >= 15 is 0 Å². The lowest BCUT2D eigenvalue weighted by Crippen LogP contribution is -2.42. The lowest BCUT2D eigenvalue weighted by molar-refractivity contribution is -0.170. The number of nitrogens with one attached hydrogen (secondary N) is 1. The van der Waals surface area contributed by atoms with Gasteiger partial charge in [-0.3, -0.25) is 14.4 Å². The fraction of sp³-hybridized carbons (Fsp3) is 0.471. The van der Waals surface area contributed by atoms with Crippen LogP contribution in [-0.2, 0) is 20.6 Å². The number of rotatable bonds is 7. The number of carbonyl (C=O) groups is 1. The van der Waals surface area contributed by atoms with Crippen molar-refractivity contribution in [2.75, 3.05) is 25.0 Å². The van der Waals surface area contributed by atoms with Gasteiger partial charge in [0.1, 0.15) is 0 Å². The molecule has 1 heterocycles. The van der Waals surface area contributed by atoms with E-state index in [1.54, 1.807) is 6.08 Å². The summed E-state index contributed by atoms with van der Waals surface area (Å²) in [4.78, 5) is 12.7. The summed E-state index contributed by atoms with van der Waals surface area (Å²) in [7, 11) is 0.273. The van der Waals surface area contributed by atoms with Crippen molar-refractivity contribution in [1.82, 2.24) is 9.39 Å². The zero-order chi connectivity index (χ0) is 22.7. The molecule has 1 fully saturated rings. The number of hydrogen-bond donors (Lipinski definition) is 1. The van der Waals surface area contributed by atoms with Crippen molar-refractivity contribution in [2.24, 2.45) is 0 Å². The Morgan fingerprint density at radius 1 is 1.37 bits per heavy atom. The van der Waals surface area contributed by atoms with Crippen LogP contribution in [0.1, 0.15) is 18.4 Å². The Morgan fingerprint density at radius 2 is 1.97 bits per heavy atom. The van der Waals surface area contributed by atoms with E-state index in [0.29, 0.717) is 10.5 Å². The third kappa shape index (κ3) is 6.74. The van der Waals surface area contributed by atoms with Crippen molar-refractivity contribution in [3.05, 3.63) is 38.8 Å². The maximum atomic E-state index is 13.2. The van der Waals surface area contributed by atoms with Crippen LogP contribution >= 0.6 is 41.3 Å². The van der Waals surface area contributed by atoms with E-state index in [1.165, 1.54) is 25.3 Å². The molecular formula is C17H21Br2F3N3O3PS. The number of alkyl halides is 3. The Hall–Kier alpha value is -0.520. The van der Waals surface area contributed by atoms with E-state index in [0.717, 1.165) is 19.4 Å². The van der Waals surface area contributed by atoms with Crippen molar-refractivity contribution in [2.45, 2.75) is 30.8 Å². The van der Waals surface area contributed by atoms with Gasteiger partial charge in [0, 0.05) is 28.1 Å². The summed E-state index contributed by atoms with van der Waals surface area (Å²) in [6.07, 6.45) is 0.120. The Bertz CT molecular complexity index is 906. The predicted octanol–water partition coefficient (Wildman–Crippen LogP) is 3.97. The van der Waals surface area contributed by atoms with Crippen LogP contribution in [0.2, 0.25) is 0 Å². The molecule has 0 radical (unpaired) electrons. The summed E-state index contributed by atoms with van der Waals surface area (Å²) in [5.41, 5.74) is 0.313. The third-order valence-electron chi connectivity index (χ3n) is 4.49. The van der Waals surface area contributed by atoms with E-state index < -0.39 is 22.1 Å². The normalized spacial score (nSPS) is 18.3. The third-order valence-corrected chi connectivity index (χ3v) is 7.68. The Morgan fingerprint density at radius 3 is 2.43 bits per heavy atom. The highest BCUT2D eigenvalue weighted by Gasteiger charge is 2.43. The topological polar surface area (TPSA) is 69.7 Å². The van der Waals surface area contributed by atoms with Crippen LogP contribution in [0.4, 0.5) is 18.9 Å². The largest absolute Gasteiger partial charge is 0.471 e. The molecule has 2 atom stereocenters. The smallest absolute Gasteiger partial charge is 0.299 e. The number of nitrogens with zero attached hydrogens (tertiary/aromatic N) is 2. The number of amides is 1. The van der Waals surface area contributed by atoms with Gasteiger partial charge in [0.2, 0.25) is 10.0 Å². The minimum Gasteiger partial charge on any atom is -0.299 e. The van der Waals surface area contributed by atoms with E-state index in [4.69, 9.17) is 0 Å². The van der Waals surface area contributed by atoms with Gasteiger partial charge in [0.25, 0.3) is 0 Å². The van der Waals surface area contributed by atoms with Crippen molar-refractivity contribution >= 4 is 62.9 Å². The number of halogens is 5. The summed E-state index contributed by atoms with van der Waals surface area (Å²) >= 11 is 6.38. The van der Waals surface area contributed by atoms with E-state index in [-0.39, 0.29) is 33.0 Å². The Labute approximate surface area is 192 Å². The zero-order valence-electron chi connectivity index (χ0n) is 15.9. The van der Waals surface area contributed by atoms with Gasteiger partial charge in [-0.1, -0.05) is 21.5 Å². The molecule has 1 amide bonds. The van der Waals surface area contributed by atoms with Crippen LogP contribution in [0, 0.1) is 0 Å². The van der Waals surface area contributed by atoms with Gasteiger partial charge < -0.3 is 0 Å². The molecule has 1 aromatic carbocycles. The minimum absolute atomic E-state index is 0.0262. The van der Waals surface area contributed by atoms with Crippen LogP contribution in [0.5, 0.6) is 0 Å². The van der Waals surface area contributed by atoms with E-state index in [2.05, 4.69) is 46.0 Å². The molecule has 0 saturated carbocycles. The molecule has 1 aromatic rings. The van der Waals surface area contributed by atoms with Gasteiger partial charge in [-0.25, -0.2) is 13.1 Å². The van der Waals surface area contributed by atoms with E-state index in [9.17, 15) is 26.4 Å². The lowest BCUT2D eigenvalue weighted by atomic mass is 10.2. The molecular weight excluding hydrogens is 574 g/mol. The summed E-state index contributed by atoms with van der Waals surface area (Å²) in [6, 6.07) is 2.85. The maximum Gasteiger partial charge on any atom is 0.471 e. The monoisotopic (exact) mass is 593 g/mol. The molecule has 6 nitrogen and oxygen atoms in total. The summed E-state index contributed by atoms with van der Waals surface area (Å²) in [5, 5.41) is 0. The number of sulfonamides is 1. The average molecular weight is 595 g/mol. The zero-order valence-corrected chi connectivity index (χ0v) is 21.1. The molecule has 1 N–H and O–H groups in total. The highest BCUT2D eigenvalue weighted by molar-refractivity contribution is 9.11.